The number of anilines is 3. The summed E-state index contributed by atoms with van der Waals surface area (Å²) in [7, 11) is 0. The van der Waals surface area contributed by atoms with Gasteiger partial charge in [0.25, 0.3) is 5.91 Å². The summed E-state index contributed by atoms with van der Waals surface area (Å²) in [5.74, 6) is -0.474. The molecule has 0 saturated carbocycles. The molecule has 0 unspecified atom stereocenters. The van der Waals surface area contributed by atoms with Crippen LogP contribution in [0.4, 0.5) is 21.6 Å². The predicted octanol–water partition coefficient (Wildman–Crippen LogP) is 4.87. The third kappa shape index (κ3) is 3.88. The SMILES string of the molecule is O=C(Nc1ccc(Nc2ccc(Cl)cc2)nc1)c1ccccc1F. The summed E-state index contributed by atoms with van der Waals surface area (Å²) in [6, 6.07) is 16.4. The lowest BCUT2D eigenvalue weighted by molar-refractivity contribution is 0.102. The standard InChI is InChI=1S/C18H13ClFN3O/c19-12-5-7-13(8-6-12)22-17-10-9-14(11-21-17)23-18(24)15-3-1-2-4-16(15)20/h1-11H,(H,21,22)(H,23,24). The largest absolute Gasteiger partial charge is 0.340 e. The van der Waals surface area contributed by atoms with Crippen LogP contribution in [0, 0.1) is 5.82 Å². The molecule has 4 nitrogen and oxygen atoms in total. The Bertz CT molecular complexity index is 851. The van der Waals surface area contributed by atoms with Gasteiger partial charge >= 0.3 is 0 Å². The number of pyridine rings is 1. The number of carbonyl (C=O) groups excluding carboxylic acids is 1. The van der Waals surface area contributed by atoms with Gasteiger partial charge in [-0.05, 0) is 48.5 Å². The van der Waals surface area contributed by atoms with Crippen molar-refractivity contribution in [1.29, 1.82) is 0 Å². The van der Waals surface area contributed by atoms with E-state index in [1.54, 1.807) is 30.3 Å². The highest BCUT2D eigenvalue weighted by Gasteiger charge is 2.11. The second kappa shape index (κ2) is 7.10. The zero-order chi connectivity index (χ0) is 16.9. The van der Waals surface area contributed by atoms with Gasteiger partial charge in [0, 0.05) is 10.7 Å². The normalized spacial score (nSPS) is 10.2. The highest BCUT2D eigenvalue weighted by atomic mass is 35.5. The maximum absolute atomic E-state index is 13.6. The first kappa shape index (κ1) is 16.0. The van der Waals surface area contributed by atoms with Crippen molar-refractivity contribution in [3.63, 3.8) is 0 Å². The maximum atomic E-state index is 13.6. The van der Waals surface area contributed by atoms with Crippen molar-refractivity contribution in [2.75, 3.05) is 10.6 Å². The molecule has 1 heterocycles. The zero-order valence-electron chi connectivity index (χ0n) is 12.5. The molecule has 0 spiro atoms. The van der Waals surface area contributed by atoms with E-state index in [4.69, 9.17) is 11.6 Å². The molecule has 1 aromatic heterocycles. The van der Waals surface area contributed by atoms with Crippen molar-refractivity contribution in [1.82, 2.24) is 4.98 Å². The number of aromatic nitrogens is 1. The fraction of sp³-hybridized carbons (Fsp3) is 0. The predicted molar refractivity (Wildman–Crippen MR) is 93.3 cm³/mol. The van der Waals surface area contributed by atoms with Gasteiger partial charge in [0.2, 0.25) is 0 Å². The van der Waals surface area contributed by atoms with Gasteiger partial charge in [-0.2, -0.15) is 0 Å². The number of amides is 1. The van der Waals surface area contributed by atoms with Crippen LogP contribution in [-0.2, 0) is 0 Å². The molecule has 3 aromatic rings. The Morgan fingerprint density at radius 1 is 0.958 bits per heavy atom. The number of halogens is 2. The number of nitrogens with one attached hydrogen (secondary N) is 2. The molecule has 0 aliphatic carbocycles. The van der Waals surface area contributed by atoms with Crippen LogP contribution < -0.4 is 10.6 Å². The van der Waals surface area contributed by atoms with Crippen LogP contribution in [0.15, 0.2) is 66.9 Å². The number of nitrogens with zero attached hydrogens (tertiary/aromatic N) is 1. The molecule has 2 N–H and O–H groups in total. The molecule has 3 rings (SSSR count). The van der Waals surface area contributed by atoms with Crippen molar-refractivity contribution in [3.05, 3.63) is 83.3 Å². The molecule has 2 aromatic carbocycles. The minimum atomic E-state index is -0.566. The minimum absolute atomic E-state index is 0.0131. The molecule has 0 atom stereocenters. The first-order valence-corrected chi connectivity index (χ1v) is 7.54. The second-order valence-electron chi connectivity index (χ2n) is 5.00. The number of rotatable bonds is 4. The highest BCUT2D eigenvalue weighted by Crippen LogP contribution is 2.19. The number of carbonyl (C=O) groups is 1. The molecule has 0 fully saturated rings. The zero-order valence-corrected chi connectivity index (χ0v) is 13.2. The van der Waals surface area contributed by atoms with E-state index in [9.17, 15) is 9.18 Å². The smallest absolute Gasteiger partial charge is 0.258 e. The van der Waals surface area contributed by atoms with Gasteiger partial charge in [-0.3, -0.25) is 4.79 Å². The summed E-state index contributed by atoms with van der Waals surface area (Å²) < 4.78 is 13.6. The van der Waals surface area contributed by atoms with Gasteiger partial charge in [-0.15, -0.1) is 0 Å². The van der Waals surface area contributed by atoms with Gasteiger partial charge in [0.05, 0.1) is 17.4 Å². The lowest BCUT2D eigenvalue weighted by atomic mass is 10.2. The van der Waals surface area contributed by atoms with E-state index in [0.717, 1.165) is 5.69 Å². The van der Waals surface area contributed by atoms with Crippen LogP contribution in [0.3, 0.4) is 0 Å². The van der Waals surface area contributed by atoms with Gasteiger partial charge in [-0.1, -0.05) is 23.7 Å². The number of benzene rings is 2. The summed E-state index contributed by atoms with van der Waals surface area (Å²) in [4.78, 5) is 16.2. The van der Waals surface area contributed by atoms with Crippen molar-refractivity contribution in [2.45, 2.75) is 0 Å². The third-order valence-electron chi connectivity index (χ3n) is 3.26. The number of hydrogen-bond acceptors (Lipinski definition) is 3. The Balaban J connectivity index is 1.67. The van der Waals surface area contributed by atoms with E-state index < -0.39 is 11.7 Å². The van der Waals surface area contributed by atoms with E-state index in [1.165, 1.54) is 24.4 Å². The first-order valence-electron chi connectivity index (χ1n) is 7.16. The molecule has 0 aliphatic heterocycles. The van der Waals surface area contributed by atoms with Crippen LogP contribution >= 0.6 is 11.6 Å². The van der Waals surface area contributed by atoms with E-state index in [1.807, 2.05) is 12.1 Å². The summed E-state index contributed by atoms with van der Waals surface area (Å²) in [6.45, 7) is 0. The molecular formula is C18H13ClFN3O. The van der Waals surface area contributed by atoms with E-state index >= 15 is 0 Å². The Labute approximate surface area is 143 Å². The molecule has 0 bridgehead atoms. The molecule has 0 saturated heterocycles. The van der Waals surface area contributed by atoms with Crippen LogP contribution in [-0.4, -0.2) is 10.9 Å². The van der Waals surface area contributed by atoms with Crippen molar-refractivity contribution < 1.29 is 9.18 Å². The summed E-state index contributed by atoms with van der Waals surface area (Å²) in [5.41, 5.74) is 1.31. The van der Waals surface area contributed by atoms with Gasteiger partial charge in [0.15, 0.2) is 0 Å². The van der Waals surface area contributed by atoms with Gasteiger partial charge in [0.1, 0.15) is 11.6 Å². The first-order chi connectivity index (χ1) is 11.6. The number of hydrogen-bond donors (Lipinski definition) is 2. The molecular weight excluding hydrogens is 329 g/mol. The highest BCUT2D eigenvalue weighted by molar-refractivity contribution is 6.30. The molecule has 1 amide bonds. The second-order valence-corrected chi connectivity index (χ2v) is 5.43. The van der Waals surface area contributed by atoms with Gasteiger partial charge in [-0.25, -0.2) is 9.37 Å². The minimum Gasteiger partial charge on any atom is -0.340 e. The summed E-state index contributed by atoms with van der Waals surface area (Å²) in [5, 5.41) is 6.37. The Morgan fingerprint density at radius 2 is 1.67 bits per heavy atom. The quantitative estimate of drug-likeness (QED) is 0.711. The van der Waals surface area contributed by atoms with Crippen LogP contribution in [0.5, 0.6) is 0 Å². The Kier molecular flexibility index (Phi) is 4.72. The van der Waals surface area contributed by atoms with E-state index in [2.05, 4.69) is 15.6 Å². The molecule has 120 valence electrons. The molecule has 0 aliphatic rings. The lowest BCUT2D eigenvalue weighted by Crippen LogP contribution is -2.13. The monoisotopic (exact) mass is 341 g/mol. The summed E-state index contributed by atoms with van der Waals surface area (Å²) >= 11 is 5.84. The lowest BCUT2D eigenvalue weighted by Gasteiger charge is -2.08. The maximum Gasteiger partial charge on any atom is 0.258 e. The average Bonchev–Trinajstić information content (AvgIpc) is 2.59. The Morgan fingerprint density at radius 3 is 2.33 bits per heavy atom. The van der Waals surface area contributed by atoms with Crippen molar-refractivity contribution in [3.8, 4) is 0 Å². The molecule has 0 radical (unpaired) electrons. The van der Waals surface area contributed by atoms with Crippen molar-refractivity contribution >= 4 is 34.7 Å². The fourth-order valence-electron chi connectivity index (χ4n) is 2.07. The van der Waals surface area contributed by atoms with Crippen molar-refractivity contribution in [2.24, 2.45) is 0 Å². The topological polar surface area (TPSA) is 54.0 Å². The molecule has 24 heavy (non-hydrogen) atoms. The van der Waals surface area contributed by atoms with E-state index in [-0.39, 0.29) is 5.56 Å². The third-order valence-corrected chi connectivity index (χ3v) is 3.51. The molecule has 6 heteroatoms. The van der Waals surface area contributed by atoms with Crippen LogP contribution in [0.2, 0.25) is 5.02 Å². The average molecular weight is 342 g/mol. The fourth-order valence-corrected chi connectivity index (χ4v) is 2.19. The van der Waals surface area contributed by atoms with Gasteiger partial charge < -0.3 is 10.6 Å². The van der Waals surface area contributed by atoms with Crippen LogP contribution in [0.25, 0.3) is 0 Å². The Hall–Kier alpha value is -2.92. The van der Waals surface area contributed by atoms with Crippen LogP contribution in [0.1, 0.15) is 10.4 Å². The van der Waals surface area contributed by atoms with E-state index in [0.29, 0.717) is 16.5 Å². The summed E-state index contributed by atoms with van der Waals surface area (Å²) in [6.07, 6.45) is 1.50.